The Hall–Kier alpha value is -4.34. The summed E-state index contributed by atoms with van der Waals surface area (Å²) in [7, 11) is 0. The highest BCUT2D eigenvalue weighted by atomic mass is 16.6. The first-order valence-corrected chi connectivity index (χ1v) is 8.07. The summed E-state index contributed by atoms with van der Waals surface area (Å²) in [5.74, 6) is -0.0216. The average Bonchev–Trinajstić information content (AvgIpc) is 3.13. The van der Waals surface area contributed by atoms with E-state index in [1.807, 2.05) is 0 Å². The molecule has 0 saturated carbocycles. The van der Waals surface area contributed by atoms with Crippen molar-refractivity contribution in [1.82, 2.24) is 10.3 Å². The molecule has 0 fully saturated rings. The third kappa shape index (κ3) is 3.09. The molecule has 0 aliphatic heterocycles. The van der Waals surface area contributed by atoms with E-state index in [2.05, 4.69) is 20.9 Å². The van der Waals surface area contributed by atoms with Crippen LogP contribution in [0.3, 0.4) is 0 Å². The number of phenolic OH excluding ortho intramolecular Hbond substituents is 2. The number of hydrogen-bond donors (Lipinski definition) is 4. The van der Waals surface area contributed by atoms with Crippen molar-refractivity contribution in [3.8, 4) is 11.5 Å². The lowest BCUT2D eigenvalue weighted by molar-refractivity contribution is -0.382. The molecule has 4 rings (SSSR count). The van der Waals surface area contributed by atoms with Crippen LogP contribution in [0.15, 0.2) is 59.2 Å². The fraction of sp³-hybridized carbons (Fsp3) is 0. The van der Waals surface area contributed by atoms with Crippen LogP contribution >= 0.6 is 0 Å². The highest BCUT2D eigenvalue weighted by Crippen LogP contribution is 2.40. The van der Waals surface area contributed by atoms with Gasteiger partial charge in [0, 0.05) is 11.8 Å². The summed E-state index contributed by atoms with van der Waals surface area (Å²) in [5.41, 5.74) is 1.01. The topological polar surface area (TPSA) is 147 Å². The van der Waals surface area contributed by atoms with Crippen LogP contribution in [-0.4, -0.2) is 25.4 Å². The summed E-state index contributed by atoms with van der Waals surface area (Å²) in [6.45, 7) is 0. The van der Waals surface area contributed by atoms with Gasteiger partial charge >= 0.3 is 5.69 Å². The molecule has 0 aliphatic rings. The molecule has 0 amide bonds. The maximum atomic E-state index is 11.7. The molecule has 4 aromatic rings. The average molecular weight is 379 g/mol. The van der Waals surface area contributed by atoms with E-state index in [0.717, 1.165) is 0 Å². The minimum Gasteiger partial charge on any atom is -0.508 e. The predicted octanol–water partition coefficient (Wildman–Crippen LogP) is 4.03. The quantitative estimate of drug-likeness (QED) is 0.229. The molecular weight excluding hydrogens is 366 g/mol. The van der Waals surface area contributed by atoms with Gasteiger partial charge in [-0.2, -0.15) is 0 Å². The number of para-hydroxylation sites is 2. The van der Waals surface area contributed by atoms with Crippen LogP contribution in [0.2, 0.25) is 0 Å². The second kappa shape index (κ2) is 6.76. The van der Waals surface area contributed by atoms with Crippen LogP contribution in [0.25, 0.3) is 11.0 Å². The molecule has 0 unspecified atom stereocenters. The number of nitro groups is 1. The van der Waals surface area contributed by atoms with Crippen molar-refractivity contribution >= 4 is 39.5 Å². The zero-order valence-electron chi connectivity index (χ0n) is 14.2. The smallest absolute Gasteiger partial charge is 0.324 e. The Bertz CT molecular complexity index is 1190. The van der Waals surface area contributed by atoms with Crippen LogP contribution in [0.5, 0.6) is 11.5 Å². The highest BCUT2D eigenvalue weighted by molar-refractivity contribution is 6.01. The molecule has 0 bridgehead atoms. The third-order valence-electron chi connectivity index (χ3n) is 3.99. The summed E-state index contributed by atoms with van der Waals surface area (Å²) in [6, 6.07) is 14.1. The van der Waals surface area contributed by atoms with Crippen LogP contribution in [0.1, 0.15) is 0 Å². The number of hydrogen-bond acceptors (Lipinski definition) is 9. The van der Waals surface area contributed by atoms with E-state index in [9.17, 15) is 20.3 Å². The van der Waals surface area contributed by atoms with Crippen molar-refractivity contribution in [2.45, 2.75) is 0 Å². The van der Waals surface area contributed by atoms with Gasteiger partial charge in [0.15, 0.2) is 5.52 Å². The number of nitrogens with one attached hydrogen (secondary N) is 2. The number of phenols is 2. The van der Waals surface area contributed by atoms with Gasteiger partial charge in [-0.15, -0.1) is 0 Å². The molecule has 0 radical (unpaired) electrons. The zero-order chi connectivity index (χ0) is 19.7. The van der Waals surface area contributed by atoms with Gasteiger partial charge in [-0.3, -0.25) is 10.1 Å². The van der Waals surface area contributed by atoms with E-state index in [1.54, 1.807) is 30.3 Å². The van der Waals surface area contributed by atoms with E-state index in [-0.39, 0.29) is 39.6 Å². The molecular formula is C18H13N5O5. The molecule has 4 N–H and O–H groups in total. The van der Waals surface area contributed by atoms with E-state index in [4.69, 9.17) is 4.63 Å². The largest absolute Gasteiger partial charge is 0.508 e. The monoisotopic (exact) mass is 379 g/mol. The van der Waals surface area contributed by atoms with Crippen molar-refractivity contribution in [2.75, 3.05) is 10.6 Å². The molecule has 1 heterocycles. The zero-order valence-corrected chi connectivity index (χ0v) is 14.2. The van der Waals surface area contributed by atoms with Gasteiger partial charge in [0.1, 0.15) is 17.2 Å². The first kappa shape index (κ1) is 17.1. The number of rotatable bonds is 5. The van der Waals surface area contributed by atoms with Crippen molar-refractivity contribution in [2.24, 2.45) is 0 Å². The molecule has 0 atom stereocenters. The van der Waals surface area contributed by atoms with Crippen LogP contribution < -0.4 is 10.6 Å². The van der Waals surface area contributed by atoms with Gasteiger partial charge in [-0.1, -0.05) is 18.2 Å². The first-order chi connectivity index (χ1) is 13.5. The minimum atomic E-state index is -0.604. The van der Waals surface area contributed by atoms with Gasteiger partial charge in [0.25, 0.3) is 0 Å². The summed E-state index contributed by atoms with van der Waals surface area (Å²) in [6.07, 6.45) is 0. The van der Waals surface area contributed by atoms with Gasteiger partial charge in [-0.05, 0) is 40.6 Å². The van der Waals surface area contributed by atoms with E-state index < -0.39 is 4.92 Å². The van der Waals surface area contributed by atoms with E-state index in [0.29, 0.717) is 11.4 Å². The number of aromatic hydroxyl groups is 2. The van der Waals surface area contributed by atoms with Gasteiger partial charge < -0.3 is 20.8 Å². The fourth-order valence-electron chi connectivity index (χ4n) is 2.77. The Morgan fingerprint density at radius 1 is 0.893 bits per heavy atom. The number of benzene rings is 3. The highest BCUT2D eigenvalue weighted by Gasteiger charge is 2.26. The van der Waals surface area contributed by atoms with E-state index >= 15 is 0 Å². The molecule has 3 aromatic carbocycles. The Balaban J connectivity index is 1.86. The number of nitrogens with zero attached hydrogens (tertiary/aromatic N) is 3. The summed E-state index contributed by atoms with van der Waals surface area (Å²) < 4.78 is 4.72. The number of fused-ring (bicyclic) bond motifs is 1. The second-order valence-electron chi connectivity index (χ2n) is 5.86. The summed E-state index contributed by atoms with van der Waals surface area (Å²) >= 11 is 0. The van der Waals surface area contributed by atoms with Crippen LogP contribution in [0.4, 0.5) is 28.4 Å². The lowest BCUT2D eigenvalue weighted by Crippen LogP contribution is -2.01. The Labute approximate surface area is 157 Å². The summed E-state index contributed by atoms with van der Waals surface area (Å²) in [4.78, 5) is 11.1. The Kier molecular flexibility index (Phi) is 4.13. The van der Waals surface area contributed by atoms with Crippen molar-refractivity contribution in [3.05, 3.63) is 64.7 Å². The standard InChI is InChI=1S/C18H13N5O5/c24-11-5-3-4-10(8-11)19-13-9-14(20-12-6-1-2-7-15(12)25)18(23(26)27)17-16(13)21-28-22-17/h1-9,19-20,24-25H. The Morgan fingerprint density at radius 2 is 1.68 bits per heavy atom. The van der Waals surface area contributed by atoms with Crippen molar-refractivity contribution in [1.29, 1.82) is 0 Å². The SMILES string of the molecule is O=[N+]([O-])c1c(Nc2ccccc2O)cc(Nc2cccc(O)c2)c2nonc12. The molecule has 0 aliphatic carbocycles. The van der Waals surface area contributed by atoms with Crippen LogP contribution in [0, 0.1) is 10.1 Å². The van der Waals surface area contributed by atoms with E-state index in [1.165, 1.54) is 24.3 Å². The lowest BCUT2D eigenvalue weighted by atomic mass is 10.1. The molecule has 28 heavy (non-hydrogen) atoms. The maximum Gasteiger partial charge on any atom is 0.324 e. The van der Waals surface area contributed by atoms with Gasteiger partial charge in [0.2, 0.25) is 5.52 Å². The van der Waals surface area contributed by atoms with Gasteiger partial charge in [0.05, 0.1) is 16.3 Å². The summed E-state index contributed by atoms with van der Waals surface area (Å²) in [5, 5.41) is 44.6. The maximum absolute atomic E-state index is 11.7. The van der Waals surface area contributed by atoms with Crippen LogP contribution in [-0.2, 0) is 0 Å². The Morgan fingerprint density at radius 3 is 2.43 bits per heavy atom. The number of nitro benzene ring substituents is 1. The fourth-order valence-corrected chi connectivity index (χ4v) is 2.77. The second-order valence-corrected chi connectivity index (χ2v) is 5.86. The number of aromatic nitrogens is 2. The minimum absolute atomic E-state index is 0.0500. The predicted molar refractivity (Wildman–Crippen MR) is 101 cm³/mol. The molecule has 0 saturated heterocycles. The first-order valence-electron chi connectivity index (χ1n) is 8.07. The van der Waals surface area contributed by atoms with Crippen molar-refractivity contribution in [3.63, 3.8) is 0 Å². The molecule has 10 heteroatoms. The number of anilines is 4. The molecule has 10 nitrogen and oxygen atoms in total. The molecule has 0 spiro atoms. The third-order valence-corrected chi connectivity index (χ3v) is 3.99. The van der Waals surface area contributed by atoms with Gasteiger partial charge in [-0.25, -0.2) is 4.63 Å². The van der Waals surface area contributed by atoms with Crippen molar-refractivity contribution < 1.29 is 19.8 Å². The molecule has 140 valence electrons. The lowest BCUT2D eigenvalue weighted by Gasteiger charge is -2.12. The normalized spacial score (nSPS) is 10.7. The molecule has 1 aromatic heterocycles.